The minimum absolute atomic E-state index is 0.588. The van der Waals surface area contributed by atoms with Crippen LogP contribution in [0.4, 0.5) is 0 Å². The number of allylic oxidation sites excluding steroid dienone is 8. The fraction of sp³-hybridized carbons (Fsp3) is 0.333. The zero-order valence-corrected chi connectivity index (χ0v) is 19.7. The zero-order valence-electron chi connectivity index (χ0n) is 17.1. The quantitative estimate of drug-likeness (QED) is 0.445. The summed E-state index contributed by atoms with van der Waals surface area (Å²) in [6.07, 6.45) is 4.94. The predicted molar refractivity (Wildman–Crippen MR) is 126 cm³/mol. The lowest BCUT2D eigenvalue weighted by atomic mass is 10.1. The molecule has 0 aliphatic heterocycles. The smallest absolute Gasteiger partial charge is 0.0723 e. The first-order valence-corrected chi connectivity index (χ1v) is 14.6. The van der Waals surface area contributed by atoms with Crippen molar-refractivity contribution in [1.82, 2.24) is 0 Å². The number of hydrogen-bond donors (Lipinski definition) is 0. The molecule has 0 radical (unpaired) electrons. The van der Waals surface area contributed by atoms with E-state index in [9.17, 15) is 0 Å². The molecule has 2 unspecified atom stereocenters. The molecule has 140 valence electrons. The number of thiophene rings is 2. The van der Waals surface area contributed by atoms with Gasteiger partial charge in [-0.05, 0) is 61.7 Å². The largest absolute Gasteiger partial charge is 0.144 e. The van der Waals surface area contributed by atoms with Crippen LogP contribution in [-0.4, -0.2) is 8.07 Å². The van der Waals surface area contributed by atoms with Gasteiger partial charge in [0, 0.05) is 20.8 Å². The normalized spacial score (nSPS) is 23.3. The summed E-state index contributed by atoms with van der Waals surface area (Å²) in [7, 11) is -1.72. The second kappa shape index (κ2) is 6.88. The van der Waals surface area contributed by atoms with E-state index in [-0.39, 0.29) is 0 Å². The van der Waals surface area contributed by atoms with Crippen LogP contribution in [0.15, 0.2) is 69.5 Å². The van der Waals surface area contributed by atoms with Crippen molar-refractivity contribution in [2.75, 3.05) is 0 Å². The summed E-state index contributed by atoms with van der Waals surface area (Å²) >= 11 is 3.78. The van der Waals surface area contributed by atoms with Gasteiger partial charge in [0.2, 0.25) is 0 Å². The lowest BCUT2D eigenvalue weighted by Crippen LogP contribution is -2.39. The fourth-order valence-corrected chi connectivity index (χ4v) is 12.0. The Labute approximate surface area is 172 Å². The SMILES string of the molecule is CC1=C(C)C([Si](C)(C)C2C(c3cccs3)=CC(C)=C2C)C(c2cccs2)=C1. The van der Waals surface area contributed by atoms with Crippen LogP contribution in [0.1, 0.15) is 37.4 Å². The molecule has 3 heteroatoms. The second-order valence-electron chi connectivity index (χ2n) is 8.57. The molecule has 0 bridgehead atoms. The lowest BCUT2D eigenvalue weighted by Gasteiger charge is -2.40. The molecule has 0 spiro atoms. The van der Waals surface area contributed by atoms with E-state index in [1.807, 2.05) is 22.7 Å². The Kier molecular flexibility index (Phi) is 4.82. The highest BCUT2D eigenvalue weighted by Crippen LogP contribution is 2.58. The van der Waals surface area contributed by atoms with Crippen molar-refractivity contribution in [2.24, 2.45) is 0 Å². The average molecular weight is 409 g/mol. The van der Waals surface area contributed by atoms with Crippen LogP contribution in [-0.2, 0) is 0 Å². The Morgan fingerprint density at radius 3 is 1.44 bits per heavy atom. The standard InChI is InChI=1S/C24H28S2Si/c1-15-13-19(21-9-7-11-25-21)23(17(15)3)27(5,6)24-18(4)16(2)14-20(24)22-10-8-12-26-22/h7-14,23-24H,1-6H3. The van der Waals surface area contributed by atoms with E-state index in [0.29, 0.717) is 11.1 Å². The van der Waals surface area contributed by atoms with Gasteiger partial charge >= 0.3 is 0 Å². The Bertz CT molecular complexity index is 899. The maximum atomic E-state index is 2.62. The van der Waals surface area contributed by atoms with Crippen molar-refractivity contribution in [3.05, 3.63) is 79.2 Å². The van der Waals surface area contributed by atoms with Gasteiger partial charge in [-0.15, -0.1) is 22.7 Å². The molecular weight excluding hydrogens is 380 g/mol. The van der Waals surface area contributed by atoms with Gasteiger partial charge < -0.3 is 0 Å². The molecule has 0 saturated carbocycles. The van der Waals surface area contributed by atoms with Crippen LogP contribution in [0.25, 0.3) is 11.1 Å². The van der Waals surface area contributed by atoms with Crippen molar-refractivity contribution in [3.8, 4) is 0 Å². The summed E-state index contributed by atoms with van der Waals surface area (Å²) in [5, 5.41) is 4.43. The van der Waals surface area contributed by atoms with Crippen molar-refractivity contribution in [1.29, 1.82) is 0 Å². The van der Waals surface area contributed by atoms with Gasteiger partial charge in [-0.1, -0.05) is 59.7 Å². The van der Waals surface area contributed by atoms with Gasteiger partial charge in [-0.2, -0.15) is 0 Å². The van der Waals surface area contributed by atoms with Crippen molar-refractivity contribution >= 4 is 41.9 Å². The van der Waals surface area contributed by atoms with Crippen LogP contribution in [0.3, 0.4) is 0 Å². The first-order valence-electron chi connectivity index (χ1n) is 9.68. The number of rotatable bonds is 4. The summed E-state index contributed by atoms with van der Waals surface area (Å²) < 4.78 is 0. The summed E-state index contributed by atoms with van der Waals surface area (Å²) in [5.74, 6) is 0. The zero-order chi connectivity index (χ0) is 19.3. The third-order valence-electron chi connectivity index (χ3n) is 6.58. The van der Waals surface area contributed by atoms with Gasteiger partial charge in [0.1, 0.15) is 0 Å². The first-order chi connectivity index (χ1) is 12.8. The maximum Gasteiger partial charge on any atom is 0.0723 e. The van der Waals surface area contributed by atoms with Gasteiger partial charge in [-0.25, -0.2) is 0 Å². The molecule has 2 heterocycles. The highest BCUT2D eigenvalue weighted by Gasteiger charge is 2.48. The van der Waals surface area contributed by atoms with Crippen molar-refractivity contribution < 1.29 is 0 Å². The molecule has 2 aliphatic rings. The molecule has 0 saturated heterocycles. The monoisotopic (exact) mass is 408 g/mol. The Morgan fingerprint density at radius 2 is 1.11 bits per heavy atom. The van der Waals surface area contributed by atoms with Gasteiger partial charge in [0.25, 0.3) is 0 Å². The molecule has 0 fully saturated rings. The molecule has 27 heavy (non-hydrogen) atoms. The van der Waals surface area contributed by atoms with E-state index in [1.165, 1.54) is 20.9 Å². The Morgan fingerprint density at radius 1 is 0.704 bits per heavy atom. The third kappa shape index (κ3) is 3.00. The van der Waals surface area contributed by atoms with E-state index in [4.69, 9.17) is 0 Å². The highest BCUT2D eigenvalue weighted by molar-refractivity contribution is 7.11. The molecule has 0 aromatic carbocycles. The van der Waals surface area contributed by atoms with Crippen LogP contribution in [0, 0.1) is 0 Å². The van der Waals surface area contributed by atoms with E-state index in [2.05, 4.69) is 88.0 Å². The average Bonchev–Trinajstić information content (AvgIpc) is 3.38. The minimum Gasteiger partial charge on any atom is -0.144 e. The summed E-state index contributed by atoms with van der Waals surface area (Å²) in [5.41, 5.74) is 10.5. The molecule has 2 aliphatic carbocycles. The van der Waals surface area contributed by atoms with Gasteiger partial charge in [0.15, 0.2) is 0 Å². The molecule has 0 amide bonds. The maximum absolute atomic E-state index is 2.62. The summed E-state index contributed by atoms with van der Waals surface area (Å²) in [6.45, 7) is 14.6. The molecular formula is C24H28S2Si. The van der Waals surface area contributed by atoms with E-state index in [0.717, 1.165) is 0 Å². The van der Waals surface area contributed by atoms with E-state index < -0.39 is 8.07 Å². The highest BCUT2D eigenvalue weighted by atomic mass is 32.1. The summed E-state index contributed by atoms with van der Waals surface area (Å²) in [4.78, 5) is 2.91. The molecule has 4 rings (SSSR count). The Hall–Kier alpha value is -1.42. The molecule has 2 atom stereocenters. The van der Waals surface area contributed by atoms with Crippen LogP contribution >= 0.6 is 22.7 Å². The molecule has 0 nitrogen and oxygen atoms in total. The molecule has 2 aromatic rings. The second-order valence-corrected chi connectivity index (χ2v) is 15.3. The molecule has 2 aromatic heterocycles. The van der Waals surface area contributed by atoms with Gasteiger partial charge in [0.05, 0.1) is 8.07 Å². The lowest BCUT2D eigenvalue weighted by molar-refractivity contribution is 1.07. The predicted octanol–water partition coefficient (Wildman–Crippen LogP) is 8.43. The van der Waals surface area contributed by atoms with Crippen molar-refractivity contribution in [2.45, 2.75) is 51.9 Å². The van der Waals surface area contributed by atoms with Crippen LogP contribution in [0.5, 0.6) is 0 Å². The van der Waals surface area contributed by atoms with Crippen LogP contribution < -0.4 is 0 Å². The minimum atomic E-state index is -1.72. The van der Waals surface area contributed by atoms with Gasteiger partial charge in [-0.3, -0.25) is 0 Å². The topological polar surface area (TPSA) is 0 Å². The third-order valence-corrected chi connectivity index (χ3v) is 12.9. The van der Waals surface area contributed by atoms with Crippen LogP contribution in [0.2, 0.25) is 24.2 Å². The van der Waals surface area contributed by atoms with Crippen molar-refractivity contribution in [3.63, 3.8) is 0 Å². The molecule has 0 N–H and O–H groups in total. The first kappa shape index (κ1) is 18.9. The summed E-state index contributed by atoms with van der Waals surface area (Å²) in [6, 6.07) is 8.99. The van der Waals surface area contributed by atoms with E-state index >= 15 is 0 Å². The Balaban J connectivity index is 1.82. The van der Waals surface area contributed by atoms with E-state index in [1.54, 1.807) is 22.3 Å². The number of hydrogen-bond acceptors (Lipinski definition) is 2. The fourth-order valence-electron chi connectivity index (χ4n) is 5.18.